The summed E-state index contributed by atoms with van der Waals surface area (Å²) in [7, 11) is -4.77. The maximum atomic E-state index is 12.3. The van der Waals surface area contributed by atoms with Gasteiger partial charge in [0, 0.05) is 12.8 Å². The molecule has 0 radical (unpaired) electrons. The van der Waals surface area contributed by atoms with Gasteiger partial charge in [-0.3, -0.25) is 18.6 Å². The van der Waals surface area contributed by atoms with Crippen molar-refractivity contribution in [3.63, 3.8) is 0 Å². The number of aliphatic carboxylic acids is 1. The van der Waals surface area contributed by atoms with E-state index in [2.05, 4.69) is 61.7 Å². The number of phosphoric ester groups is 1. The van der Waals surface area contributed by atoms with Crippen LogP contribution in [0.1, 0.15) is 200 Å². The van der Waals surface area contributed by atoms with E-state index in [0.29, 0.717) is 12.8 Å². The second-order valence-corrected chi connectivity index (χ2v) is 17.0. The van der Waals surface area contributed by atoms with Gasteiger partial charge >= 0.3 is 19.8 Å². The van der Waals surface area contributed by atoms with Crippen molar-refractivity contribution in [3.8, 4) is 0 Å². The fourth-order valence-electron chi connectivity index (χ4n) is 6.31. The Labute approximate surface area is 358 Å². The van der Waals surface area contributed by atoms with Crippen LogP contribution in [-0.2, 0) is 32.7 Å². The Morgan fingerprint density at radius 3 is 1.46 bits per heavy atom. The van der Waals surface area contributed by atoms with Gasteiger partial charge in [-0.25, -0.2) is 9.36 Å². The zero-order valence-corrected chi connectivity index (χ0v) is 37.9. The predicted octanol–water partition coefficient (Wildman–Crippen LogP) is 12.2. The lowest BCUT2D eigenvalue weighted by atomic mass is 10.0. The average molecular weight is 854 g/mol. The number of carboxylic acid groups (broad SMARTS) is 1. The van der Waals surface area contributed by atoms with Crippen molar-refractivity contribution in [2.45, 2.75) is 212 Å². The minimum Gasteiger partial charge on any atom is -0.480 e. The standard InChI is InChI=1S/C47H84NO10P/c1-3-5-7-9-11-13-15-17-19-20-21-22-23-25-27-29-31-33-35-37-39-46(51)56-40-43(49)41-57-59(54,55)58-42-44(47(52)53)48-45(50)38-36-34-32-30-28-26-24-18-16-14-12-10-8-6-4-2/h6,8,12,14,18,24,28,30,43-44,49H,3-5,7,9-11,13,15-17,19-23,25-27,29,31-42H2,1-2H3,(H,48,50)(H,52,53)(H,54,55)/b8-6-,14-12-,24-18-,30-28-. The Hall–Kier alpha value is -2.56. The van der Waals surface area contributed by atoms with Gasteiger partial charge in [-0.2, -0.15) is 0 Å². The minimum absolute atomic E-state index is 0.0924. The van der Waals surface area contributed by atoms with Crippen LogP contribution in [0.5, 0.6) is 0 Å². The summed E-state index contributed by atoms with van der Waals surface area (Å²) in [6.45, 7) is 2.46. The number of carbonyl (C=O) groups is 3. The van der Waals surface area contributed by atoms with Crippen LogP contribution in [0, 0.1) is 0 Å². The van der Waals surface area contributed by atoms with Crippen LogP contribution in [0.15, 0.2) is 48.6 Å². The highest BCUT2D eigenvalue weighted by atomic mass is 31.2. The maximum absolute atomic E-state index is 12.3. The second-order valence-electron chi connectivity index (χ2n) is 15.6. The molecule has 1 amide bonds. The molecule has 342 valence electrons. The summed E-state index contributed by atoms with van der Waals surface area (Å²) >= 11 is 0. The van der Waals surface area contributed by atoms with Gasteiger partial charge < -0.3 is 25.2 Å². The molecule has 11 nitrogen and oxygen atoms in total. The predicted molar refractivity (Wildman–Crippen MR) is 240 cm³/mol. The van der Waals surface area contributed by atoms with Crippen molar-refractivity contribution < 1.29 is 47.8 Å². The lowest BCUT2D eigenvalue weighted by molar-refractivity contribution is -0.147. The number of carboxylic acids is 1. The fraction of sp³-hybridized carbons (Fsp3) is 0.766. The largest absolute Gasteiger partial charge is 0.480 e. The summed E-state index contributed by atoms with van der Waals surface area (Å²) in [6, 6.07) is -1.57. The van der Waals surface area contributed by atoms with E-state index >= 15 is 0 Å². The number of hydrogen-bond donors (Lipinski definition) is 4. The topological polar surface area (TPSA) is 169 Å². The smallest absolute Gasteiger partial charge is 0.472 e. The van der Waals surface area contributed by atoms with Crippen molar-refractivity contribution in [3.05, 3.63) is 48.6 Å². The summed E-state index contributed by atoms with van der Waals surface area (Å²) in [4.78, 5) is 45.9. The fourth-order valence-corrected chi connectivity index (χ4v) is 7.08. The number of aliphatic hydroxyl groups is 1. The van der Waals surface area contributed by atoms with E-state index in [0.717, 1.165) is 57.8 Å². The molecule has 0 spiro atoms. The van der Waals surface area contributed by atoms with E-state index in [1.807, 2.05) is 6.08 Å². The molecule has 12 heteroatoms. The van der Waals surface area contributed by atoms with Gasteiger partial charge in [-0.15, -0.1) is 0 Å². The molecule has 0 aromatic carbocycles. The number of allylic oxidation sites excluding steroid dienone is 8. The molecule has 0 bridgehead atoms. The number of unbranched alkanes of at least 4 members (excludes halogenated alkanes) is 21. The average Bonchev–Trinajstić information content (AvgIpc) is 3.21. The number of nitrogens with one attached hydrogen (secondary N) is 1. The number of esters is 1. The van der Waals surface area contributed by atoms with Crippen LogP contribution in [0.4, 0.5) is 0 Å². The second kappa shape index (κ2) is 42.1. The molecule has 0 heterocycles. The third kappa shape index (κ3) is 41.9. The Morgan fingerprint density at radius 2 is 0.983 bits per heavy atom. The molecule has 0 fully saturated rings. The van der Waals surface area contributed by atoms with Gasteiger partial charge in [0.15, 0.2) is 6.04 Å². The molecule has 0 rings (SSSR count). The van der Waals surface area contributed by atoms with E-state index < -0.39 is 57.6 Å². The minimum atomic E-state index is -4.77. The molecular formula is C47H84NO10P. The van der Waals surface area contributed by atoms with Crippen LogP contribution in [0.2, 0.25) is 0 Å². The van der Waals surface area contributed by atoms with Crippen molar-refractivity contribution in [2.24, 2.45) is 0 Å². The molecule has 59 heavy (non-hydrogen) atoms. The zero-order valence-electron chi connectivity index (χ0n) is 37.0. The molecule has 0 aliphatic rings. The first-order valence-corrected chi connectivity index (χ1v) is 24.7. The third-order valence-electron chi connectivity index (χ3n) is 9.88. The first-order valence-electron chi connectivity index (χ1n) is 23.2. The molecule has 0 saturated carbocycles. The summed E-state index contributed by atoms with van der Waals surface area (Å²) in [6.07, 6.45) is 47.2. The number of carbonyl (C=O) groups excluding carboxylic acids is 2. The first kappa shape index (κ1) is 56.4. The summed E-state index contributed by atoms with van der Waals surface area (Å²) in [5.74, 6) is -2.43. The van der Waals surface area contributed by atoms with E-state index in [1.54, 1.807) is 0 Å². The van der Waals surface area contributed by atoms with Gasteiger partial charge in [-0.1, -0.05) is 184 Å². The monoisotopic (exact) mass is 854 g/mol. The molecule has 0 aliphatic heterocycles. The van der Waals surface area contributed by atoms with E-state index in [4.69, 9.17) is 13.8 Å². The molecule has 0 aliphatic carbocycles. The van der Waals surface area contributed by atoms with Crippen molar-refractivity contribution in [2.75, 3.05) is 19.8 Å². The highest BCUT2D eigenvalue weighted by molar-refractivity contribution is 7.47. The van der Waals surface area contributed by atoms with E-state index in [-0.39, 0.29) is 12.8 Å². The molecule has 4 N–H and O–H groups in total. The number of phosphoric acid groups is 1. The van der Waals surface area contributed by atoms with Crippen molar-refractivity contribution in [1.29, 1.82) is 0 Å². The number of amides is 1. The van der Waals surface area contributed by atoms with E-state index in [1.165, 1.54) is 103 Å². The third-order valence-corrected chi connectivity index (χ3v) is 10.8. The van der Waals surface area contributed by atoms with Crippen LogP contribution < -0.4 is 5.32 Å². The van der Waals surface area contributed by atoms with E-state index in [9.17, 15) is 34.1 Å². The summed E-state index contributed by atoms with van der Waals surface area (Å²) < 4.78 is 26.8. The van der Waals surface area contributed by atoms with Gasteiger partial charge in [0.25, 0.3) is 0 Å². The summed E-state index contributed by atoms with van der Waals surface area (Å²) in [5, 5.41) is 21.8. The Morgan fingerprint density at radius 1 is 0.559 bits per heavy atom. The highest BCUT2D eigenvalue weighted by Gasteiger charge is 2.28. The maximum Gasteiger partial charge on any atom is 0.472 e. The first-order chi connectivity index (χ1) is 28.6. The lowest BCUT2D eigenvalue weighted by Gasteiger charge is -2.18. The number of hydrogen-bond acceptors (Lipinski definition) is 8. The molecule has 3 unspecified atom stereocenters. The van der Waals surface area contributed by atoms with Crippen LogP contribution in [-0.4, -0.2) is 64.9 Å². The molecule has 0 aromatic rings. The zero-order chi connectivity index (χ0) is 43.5. The van der Waals surface area contributed by atoms with Crippen LogP contribution in [0.25, 0.3) is 0 Å². The Bertz CT molecular complexity index is 1190. The molecule has 3 atom stereocenters. The van der Waals surface area contributed by atoms with Gasteiger partial charge in [0.1, 0.15) is 12.7 Å². The lowest BCUT2D eigenvalue weighted by Crippen LogP contribution is -2.43. The SMILES string of the molecule is CC/C=C\C/C=C\C/C=C\C/C=C\CCCCC(=O)NC(COP(=O)(O)OCC(O)COC(=O)CCCCCCCCCCCCCCCCCCCCCC)C(=O)O. The van der Waals surface area contributed by atoms with Crippen LogP contribution in [0.3, 0.4) is 0 Å². The van der Waals surface area contributed by atoms with Crippen molar-refractivity contribution >= 4 is 25.7 Å². The van der Waals surface area contributed by atoms with Gasteiger partial charge in [0.2, 0.25) is 5.91 Å². The van der Waals surface area contributed by atoms with Crippen molar-refractivity contribution in [1.82, 2.24) is 5.32 Å². The molecular weight excluding hydrogens is 769 g/mol. The quantitative estimate of drug-likeness (QED) is 0.0200. The Kier molecular flexibility index (Phi) is 40.3. The normalized spacial score (nSPS) is 14.1. The molecule has 0 saturated heterocycles. The van der Waals surface area contributed by atoms with Crippen LogP contribution >= 0.6 is 7.82 Å². The number of ether oxygens (including phenoxy) is 1. The number of aliphatic hydroxyl groups excluding tert-OH is 1. The highest BCUT2D eigenvalue weighted by Crippen LogP contribution is 2.43. The van der Waals surface area contributed by atoms with Gasteiger partial charge in [-0.05, 0) is 51.4 Å². The Balaban J connectivity index is 3.88. The molecule has 0 aromatic heterocycles. The summed E-state index contributed by atoms with van der Waals surface area (Å²) in [5.41, 5.74) is 0. The number of rotatable bonds is 43. The van der Waals surface area contributed by atoms with Gasteiger partial charge in [0.05, 0.1) is 13.2 Å².